The number of aromatic nitrogens is 4. The molecule has 0 aromatic carbocycles. The number of fused-ring (bicyclic) bond motifs is 1. The summed E-state index contributed by atoms with van der Waals surface area (Å²) in [5.74, 6) is -0.270. The van der Waals surface area contributed by atoms with Gasteiger partial charge in [0.15, 0.2) is 5.65 Å². The number of carboxylic acid groups (broad SMARTS) is 1. The third-order valence-corrected chi connectivity index (χ3v) is 3.68. The van der Waals surface area contributed by atoms with Crippen molar-refractivity contribution in [2.45, 2.75) is 31.8 Å². The van der Waals surface area contributed by atoms with Crippen LogP contribution in [0, 0.1) is 5.92 Å². The number of nitrogen functional groups attached to an aromatic ring is 1. The number of anilines is 1. The monoisotopic (exact) mass is 295 g/mol. The smallest absolute Gasteiger partial charge is 0.313 e. The third-order valence-electron chi connectivity index (χ3n) is 2.73. The Morgan fingerprint density at radius 3 is 2.90 bits per heavy atom. The van der Waals surface area contributed by atoms with Gasteiger partial charge < -0.3 is 15.4 Å². The average Bonchev–Trinajstić information content (AvgIpc) is 2.76. The Morgan fingerprint density at radius 1 is 1.50 bits per heavy atom. The number of nitrogens with zero attached hydrogens (tertiary/aromatic N) is 4. The van der Waals surface area contributed by atoms with Crippen LogP contribution in [0.5, 0.6) is 0 Å². The molecule has 0 atom stereocenters. The summed E-state index contributed by atoms with van der Waals surface area (Å²) in [6.07, 6.45) is 2.71. The topological polar surface area (TPSA) is 107 Å². The summed E-state index contributed by atoms with van der Waals surface area (Å²) in [5.41, 5.74) is 6.96. The van der Waals surface area contributed by atoms with Crippen LogP contribution in [0.15, 0.2) is 11.4 Å². The summed E-state index contributed by atoms with van der Waals surface area (Å²) in [4.78, 5) is 23.2. The van der Waals surface area contributed by atoms with E-state index in [0.29, 0.717) is 22.1 Å². The minimum absolute atomic E-state index is 0.0790. The van der Waals surface area contributed by atoms with E-state index in [1.165, 1.54) is 0 Å². The molecule has 0 saturated carbocycles. The lowest BCUT2D eigenvalue weighted by Gasteiger charge is -2.07. The van der Waals surface area contributed by atoms with Crippen LogP contribution >= 0.6 is 11.8 Å². The quantitative estimate of drug-likeness (QED) is 0.616. The Balaban J connectivity index is 2.33. The summed E-state index contributed by atoms with van der Waals surface area (Å²) < 4.78 is 1.93. The normalized spacial score (nSPS) is 11.3. The van der Waals surface area contributed by atoms with Crippen molar-refractivity contribution in [1.29, 1.82) is 0 Å². The van der Waals surface area contributed by atoms with Gasteiger partial charge >= 0.3 is 5.97 Å². The molecule has 7 nitrogen and oxygen atoms in total. The number of nitrogens with two attached hydrogens (primary N) is 1. The summed E-state index contributed by atoms with van der Waals surface area (Å²) in [6, 6.07) is 0. The average molecular weight is 295 g/mol. The summed E-state index contributed by atoms with van der Waals surface area (Å²) >= 11 is 1.10. The maximum Gasteiger partial charge on any atom is 0.313 e. The van der Waals surface area contributed by atoms with Crippen LogP contribution < -0.4 is 5.73 Å². The zero-order chi connectivity index (χ0) is 14.7. The number of imidazole rings is 1. The van der Waals surface area contributed by atoms with Crippen LogP contribution in [0.4, 0.5) is 5.95 Å². The van der Waals surface area contributed by atoms with Crippen LogP contribution in [0.25, 0.3) is 11.2 Å². The number of carbonyl (C=O) groups is 1. The number of carboxylic acids is 1. The molecule has 8 heteroatoms. The van der Waals surface area contributed by atoms with E-state index >= 15 is 0 Å². The number of aliphatic carboxylic acids is 1. The fourth-order valence-electron chi connectivity index (χ4n) is 1.73. The van der Waals surface area contributed by atoms with E-state index in [1.54, 1.807) is 6.33 Å². The number of thioether (sulfide) groups is 1. The second-order valence-electron chi connectivity index (χ2n) is 4.86. The van der Waals surface area contributed by atoms with E-state index in [1.807, 2.05) is 4.57 Å². The van der Waals surface area contributed by atoms with Crippen molar-refractivity contribution in [2.24, 2.45) is 5.92 Å². The van der Waals surface area contributed by atoms with Crippen molar-refractivity contribution in [3.05, 3.63) is 6.33 Å². The molecule has 0 aliphatic rings. The second kappa shape index (κ2) is 6.08. The van der Waals surface area contributed by atoms with E-state index in [9.17, 15) is 4.79 Å². The molecule has 0 amide bonds. The van der Waals surface area contributed by atoms with Crippen molar-refractivity contribution >= 4 is 34.8 Å². The molecule has 0 radical (unpaired) electrons. The molecule has 0 saturated heterocycles. The van der Waals surface area contributed by atoms with Crippen molar-refractivity contribution in [2.75, 3.05) is 11.5 Å². The van der Waals surface area contributed by atoms with Gasteiger partial charge in [0.2, 0.25) is 5.95 Å². The fourth-order valence-corrected chi connectivity index (χ4v) is 2.43. The van der Waals surface area contributed by atoms with E-state index in [2.05, 4.69) is 28.8 Å². The molecular weight excluding hydrogens is 278 g/mol. The number of hydrogen-bond acceptors (Lipinski definition) is 6. The lowest BCUT2D eigenvalue weighted by Crippen LogP contribution is -2.04. The molecular formula is C12H17N5O2S. The summed E-state index contributed by atoms with van der Waals surface area (Å²) in [6.45, 7) is 5.10. The Morgan fingerprint density at radius 2 is 2.25 bits per heavy atom. The predicted octanol–water partition coefficient (Wildman–Crippen LogP) is 1.63. The molecule has 2 rings (SSSR count). The number of rotatable bonds is 6. The van der Waals surface area contributed by atoms with Gasteiger partial charge in [0.1, 0.15) is 10.5 Å². The van der Waals surface area contributed by atoms with Crippen LogP contribution in [-0.4, -0.2) is 36.3 Å². The number of aryl methyl sites for hydroxylation is 1. The van der Waals surface area contributed by atoms with Gasteiger partial charge in [0.25, 0.3) is 0 Å². The van der Waals surface area contributed by atoms with Gasteiger partial charge in [0, 0.05) is 6.54 Å². The van der Waals surface area contributed by atoms with Crippen molar-refractivity contribution in [3.8, 4) is 0 Å². The van der Waals surface area contributed by atoms with Crippen LogP contribution in [-0.2, 0) is 11.3 Å². The number of hydrogen-bond donors (Lipinski definition) is 2. The lowest BCUT2D eigenvalue weighted by molar-refractivity contribution is -0.133. The molecule has 2 aromatic heterocycles. The Labute approximate surface area is 120 Å². The van der Waals surface area contributed by atoms with Gasteiger partial charge in [-0.2, -0.15) is 4.98 Å². The first-order valence-electron chi connectivity index (χ1n) is 6.30. The minimum atomic E-state index is -0.903. The first kappa shape index (κ1) is 14.6. The molecule has 0 spiro atoms. The fraction of sp³-hybridized carbons (Fsp3) is 0.500. The van der Waals surface area contributed by atoms with Gasteiger partial charge in [-0.25, -0.2) is 9.97 Å². The van der Waals surface area contributed by atoms with Crippen molar-refractivity contribution in [1.82, 2.24) is 19.5 Å². The highest BCUT2D eigenvalue weighted by Crippen LogP contribution is 2.25. The zero-order valence-corrected chi connectivity index (χ0v) is 12.2. The standard InChI is InChI=1S/C12H17N5O2S/c1-7(2)3-4-17-6-14-9-10(17)15-12(13)16-11(9)20-5-8(18)19/h6-7H,3-5H2,1-2H3,(H,18,19)(H2,13,15,16). The Hall–Kier alpha value is -1.83. The first-order valence-corrected chi connectivity index (χ1v) is 7.29. The molecule has 2 aromatic rings. The van der Waals surface area contributed by atoms with Gasteiger partial charge in [-0.15, -0.1) is 0 Å². The zero-order valence-electron chi connectivity index (χ0n) is 11.4. The van der Waals surface area contributed by atoms with E-state index in [-0.39, 0.29) is 11.7 Å². The van der Waals surface area contributed by atoms with Gasteiger partial charge in [-0.3, -0.25) is 4.79 Å². The first-order chi connectivity index (χ1) is 9.47. The van der Waals surface area contributed by atoms with Gasteiger partial charge in [-0.1, -0.05) is 25.6 Å². The molecule has 20 heavy (non-hydrogen) atoms. The molecule has 0 aliphatic heterocycles. The predicted molar refractivity (Wildman–Crippen MR) is 77.6 cm³/mol. The molecule has 3 N–H and O–H groups in total. The van der Waals surface area contributed by atoms with Crippen molar-refractivity contribution in [3.63, 3.8) is 0 Å². The van der Waals surface area contributed by atoms with Crippen LogP contribution in [0.3, 0.4) is 0 Å². The third kappa shape index (κ3) is 3.38. The highest BCUT2D eigenvalue weighted by Gasteiger charge is 2.14. The Bertz CT molecular complexity index is 626. The van der Waals surface area contributed by atoms with Crippen LogP contribution in [0.1, 0.15) is 20.3 Å². The largest absolute Gasteiger partial charge is 0.481 e. The maximum absolute atomic E-state index is 10.7. The molecule has 0 unspecified atom stereocenters. The van der Waals surface area contributed by atoms with Crippen molar-refractivity contribution < 1.29 is 9.90 Å². The Kier molecular flexibility index (Phi) is 4.43. The molecule has 0 bridgehead atoms. The molecule has 0 fully saturated rings. The minimum Gasteiger partial charge on any atom is -0.481 e. The molecule has 108 valence electrons. The van der Waals surface area contributed by atoms with Gasteiger partial charge in [0.05, 0.1) is 12.1 Å². The molecule has 2 heterocycles. The van der Waals surface area contributed by atoms with E-state index < -0.39 is 5.97 Å². The lowest BCUT2D eigenvalue weighted by atomic mass is 10.1. The van der Waals surface area contributed by atoms with Crippen LogP contribution in [0.2, 0.25) is 0 Å². The SMILES string of the molecule is CC(C)CCn1cnc2c(SCC(=O)O)nc(N)nc21. The summed E-state index contributed by atoms with van der Waals surface area (Å²) in [7, 11) is 0. The molecule has 0 aliphatic carbocycles. The van der Waals surface area contributed by atoms with Gasteiger partial charge in [-0.05, 0) is 12.3 Å². The van der Waals surface area contributed by atoms with E-state index in [0.717, 1.165) is 24.7 Å². The summed E-state index contributed by atoms with van der Waals surface area (Å²) in [5, 5.41) is 9.26. The second-order valence-corrected chi connectivity index (χ2v) is 5.83. The highest BCUT2D eigenvalue weighted by atomic mass is 32.2. The maximum atomic E-state index is 10.7. The van der Waals surface area contributed by atoms with E-state index in [4.69, 9.17) is 10.8 Å². The highest BCUT2D eigenvalue weighted by molar-refractivity contribution is 8.00.